The fourth-order valence-corrected chi connectivity index (χ4v) is 2.91. The van der Waals surface area contributed by atoms with E-state index in [1.807, 2.05) is 71.5 Å². The van der Waals surface area contributed by atoms with Gasteiger partial charge in [-0.05, 0) is 42.0 Å². The van der Waals surface area contributed by atoms with E-state index in [9.17, 15) is 4.79 Å². The van der Waals surface area contributed by atoms with Crippen molar-refractivity contribution in [2.75, 3.05) is 7.11 Å². The number of hydrogen-bond donors (Lipinski definition) is 0. The Kier molecular flexibility index (Phi) is 4.58. The molecule has 4 rings (SSSR count). The van der Waals surface area contributed by atoms with Gasteiger partial charge in [0.2, 0.25) is 0 Å². The lowest BCUT2D eigenvalue weighted by atomic mass is 10.2. The predicted octanol–water partition coefficient (Wildman–Crippen LogP) is 4.66. The van der Waals surface area contributed by atoms with Crippen LogP contribution in [0.5, 0.6) is 11.5 Å². The SMILES string of the molecule is COC(=O)c1ccc2cn(Cc3cccc(Oc4ccccc4)c3)nc2c1. The molecule has 0 aliphatic carbocycles. The fraction of sp³-hybridized carbons (Fsp3) is 0.0909. The van der Waals surface area contributed by atoms with Crippen LogP contribution in [-0.4, -0.2) is 22.9 Å². The second-order valence-electron chi connectivity index (χ2n) is 6.15. The lowest BCUT2D eigenvalue weighted by Crippen LogP contribution is -2.01. The number of fused-ring (bicyclic) bond motifs is 1. The summed E-state index contributed by atoms with van der Waals surface area (Å²) in [6, 6.07) is 23.0. The normalized spacial score (nSPS) is 10.7. The fourth-order valence-electron chi connectivity index (χ4n) is 2.91. The molecule has 0 aliphatic heterocycles. The van der Waals surface area contributed by atoms with Gasteiger partial charge in [-0.15, -0.1) is 0 Å². The molecule has 27 heavy (non-hydrogen) atoms. The van der Waals surface area contributed by atoms with Crippen LogP contribution in [0.15, 0.2) is 79.0 Å². The van der Waals surface area contributed by atoms with Gasteiger partial charge in [0, 0.05) is 11.6 Å². The quantitative estimate of drug-likeness (QED) is 0.487. The Morgan fingerprint density at radius 1 is 0.963 bits per heavy atom. The molecule has 0 amide bonds. The maximum Gasteiger partial charge on any atom is 0.337 e. The third-order valence-corrected chi connectivity index (χ3v) is 4.20. The maximum absolute atomic E-state index is 11.7. The molecular formula is C22H18N2O3. The van der Waals surface area contributed by atoms with Crippen LogP contribution < -0.4 is 4.74 Å². The van der Waals surface area contributed by atoms with Crippen molar-refractivity contribution in [1.29, 1.82) is 0 Å². The summed E-state index contributed by atoms with van der Waals surface area (Å²) in [6.07, 6.45) is 1.96. The van der Waals surface area contributed by atoms with Gasteiger partial charge in [-0.1, -0.05) is 36.4 Å². The largest absolute Gasteiger partial charge is 0.465 e. The molecule has 0 fully saturated rings. The van der Waals surface area contributed by atoms with Gasteiger partial charge in [0.15, 0.2) is 0 Å². The first-order valence-corrected chi connectivity index (χ1v) is 8.59. The highest BCUT2D eigenvalue weighted by Gasteiger charge is 2.09. The first-order chi connectivity index (χ1) is 13.2. The van der Waals surface area contributed by atoms with E-state index in [1.54, 1.807) is 12.1 Å². The minimum absolute atomic E-state index is 0.364. The highest BCUT2D eigenvalue weighted by molar-refractivity contribution is 5.94. The van der Waals surface area contributed by atoms with Crippen LogP contribution in [0.1, 0.15) is 15.9 Å². The van der Waals surface area contributed by atoms with Crippen molar-refractivity contribution in [2.45, 2.75) is 6.54 Å². The number of para-hydroxylation sites is 1. The van der Waals surface area contributed by atoms with Crippen molar-refractivity contribution in [1.82, 2.24) is 9.78 Å². The summed E-state index contributed by atoms with van der Waals surface area (Å²) >= 11 is 0. The third-order valence-electron chi connectivity index (χ3n) is 4.20. The van der Waals surface area contributed by atoms with Gasteiger partial charge in [-0.2, -0.15) is 5.10 Å². The summed E-state index contributed by atoms with van der Waals surface area (Å²) in [4.78, 5) is 11.7. The number of aromatic nitrogens is 2. The van der Waals surface area contributed by atoms with Gasteiger partial charge < -0.3 is 9.47 Å². The number of benzene rings is 3. The van der Waals surface area contributed by atoms with E-state index in [0.29, 0.717) is 12.1 Å². The summed E-state index contributed by atoms with van der Waals surface area (Å²) in [7, 11) is 1.37. The maximum atomic E-state index is 11.7. The van der Waals surface area contributed by atoms with Crippen molar-refractivity contribution in [3.63, 3.8) is 0 Å². The number of carbonyl (C=O) groups excluding carboxylic acids is 1. The van der Waals surface area contributed by atoms with Gasteiger partial charge in [-0.25, -0.2) is 4.79 Å². The third kappa shape index (κ3) is 3.82. The number of nitrogens with zero attached hydrogens (tertiary/aromatic N) is 2. The van der Waals surface area contributed by atoms with Gasteiger partial charge >= 0.3 is 5.97 Å². The van der Waals surface area contributed by atoms with E-state index in [1.165, 1.54) is 7.11 Å². The average Bonchev–Trinajstić information content (AvgIpc) is 3.09. The van der Waals surface area contributed by atoms with Crippen molar-refractivity contribution in [3.05, 3.63) is 90.1 Å². The van der Waals surface area contributed by atoms with E-state index in [-0.39, 0.29) is 5.97 Å². The number of methoxy groups -OCH3 is 1. The molecule has 0 saturated carbocycles. The number of hydrogen-bond acceptors (Lipinski definition) is 4. The second kappa shape index (κ2) is 7.33. The van der Waals surface area contributed by atoms with Crippen molar-refractivity contribution in [2.24, 2.45) is 0 Å². The molecule has 5 heteroatoms. The zero-order valence-corrected chi connectivity index (χ0v) is 14.8. The highest BCUT2D eigenvalue weighted by atomic mass is 16.5. The Hall–Kier alpha value is -3.60. The number of rotatable bonds is 5. The van der Waals surface area contributed by atoms with Crippen LogP contribution in [0.3, 0.4) is 0 Å². The minimum Gasteiger partial charge on any atom is -0.465 e. The monoisotopic (exact) mass is 358 g/mol. The zero-order chi connectivity index (χ0) is 18.6. The summed E-state index contributed by atoms with van der Waals surface area (Å²) in [5.74, 6) is 1.22. The summed E-state index contributed by atoms with van der Waals surface area (Å²) in [6.45, 7) is 0.605. The molecule has 0 N–H and O–H groups in total. The van der Waals surface area contributed by atoms with E-state index in [4.69, 9.17) is 9.47 Å². The van der Waals surface area contributed by atoms with Crippen molar-refractivity contribution < 1.29 is 14.3 Å². The first kappa shape index (κ1) is 16.8. The minimum atomic E-state index is -0.364. The lowest BCUT2D eigenvalue weighted by Gasteiger charge is -2.07. The van der Waals surface area contributed by atoms with Gasteiger partial charge in [0.25, 0.3) is 0 Å². The van der Waals surface area contributed by atoms with Crippen LogP contribution >= 0.6 is 0 Å². The zero-order valence-electron chi connectivity index (χ0n) is 14.8. The van der Waals surface area contributed by atoms with Gasteiger partial charge in [0.05, 0.1) is 24.7 Å². The Labute approximate surface area is 156 Å². The van der Waals surface area contributed by atoms with Crippen LogP contribution in [0.25, 0.3) is 10.9 Å². The molecule has 0 spiro atoms. The summed E-state index contributed by atoms with van der Waals surface area (Å²) < 4.78 is 12.5. The summed E-state index contributed by atoms with van der Waals surface area (Å²) in [5.41, 5.74) is 2.33. The Morgan fingerprint density at radius 3 is 2.59 bits per heavy atom. The molecule has 0 radical (unpaired) electrons. The second-order valence-corrected chi connectivity index (χ2v) is 6.15. The molecule has 134 valence electrons. The predicted molar refractivity (Wildman–Crippen MR) is 103 cm³/mol. The Balaban J connectivity index is 1.55. The van der Waals surface area contributed by atoms with Crippen LogP contribution in [0.2, 0.25) is 0 Å². The van der Waals surface area contributed by atoms with E-state index >= 15 is 0 Å². The van der Waals surface area contributed by atoms with Gasteiger partial charge in [-0.3, -0.25) is 4.68 Å². The summed E-state index contributed by atoms with van der Waals surface area (Å²) in [5, 5.41) is 5.54. The molecule has 3 aromatic carbocycles. The Morgan fingerprint density at radius 2 is 1.78 bits per heavy atom. The smallest absolute Gasteiger partial charge is 0.337 e. The lowest BCUT2D eigenvalue weighted by molar-refractivity contribution is 0.0601. The van der Waals surface area contributed by atoms with E-state index < -0.39 is 0 Å². The van der Waals surface area contributed by atoms with Crippen molar-refractivity contribution >= 4 is 16.9 Å². The standard InChI is InChI=1S/C22H18N2O3/c1-26-22(25)17-10-11-18-15-24(23-21(18)13-17)14-16-6-5-9-20(12-16)27-19-7-3-2-4-8-19/h2-13,15H,14H2,1H3. The number of esters is 1. The molecule has 0 saturated heterocycles. The molecule has 0 aliphatic rings. The molecular weight excluding hydrogens is 340 g/mol. The Bertz CT molecular complexity index is 1090. The molecule has 4 aromatic rings. The van der Waals surface area contributed by atoms with Crippen LogP contribution in [0, 0.1) is 0 Å². The highest BCUT2D eigenvalue weighted by Crippen LogP contribution is 2.22. The topological polar surface area (TPSA) is 53.4 Å². The number of carbonyl (C=O) groups is 1. The molecule has 0 bridgehead atoms. The molecule has 1 aromatic heterocycles. The van der Waals surface area contributed by atoms with Crippen LogP contribution in [0.4, 0.5) is 0 Å². The average molecular weight is 358 g/mol. The molecule has 0 unspecified atom stereocenters. The van der Waals surface area contributed by atoms with Crippen molar-refractivity contribution in [3.8, 4) is 11.5 Å². The van der Waals surface area contributed by atoms with E-state index in [0.717, 1.165) is 28.0 Å². The van der Waals surface area contributed by atoms with Crippen LogP contribution in [-0.2, 0) is 11.3 Å². The van der Waals surface area contributed by atoms with Gasteiger partial charge in [0.1, 0.15) is 11.5 Å². The first-order valence-electron chi connectivity index (χ1n) is 8.59. The van der Waals surface area contributed by atoms with E-state index in [2.05, 4.69) is 5.10 Å². The molecule has 1 heterocycles. The number of ether oxygens (including phenoxy) is 2. The molecule has 0 atom stereocenters. The molecule has 5 nitrogen and oxygen atoms in total.